The van der Waals surface area contributed by atoms with Crippen LogP contribution >= 0.6 is 0 Å². The summed E-state index contributed by atoms with van der Waals surface area (Å²) < 4.78 is 25.9. The van der Waals surface area contributed by atoms with E-state index in [0.29, 0.717) is 6.61 Å². The zero-order chi connectivity index (χ0) is 10.6. The third kappa shape index (κ3) is 2.81. The summed E-state index contributed by atoms with van der Waals surface area (Å²) in [7, 11) is -0.00103. The van der Waals surface area contributed by atoms with E-state index in [-0.39, 0.29) is 11.5 Å². The first-order chi connectivity index (χ1) is 6.67. The van der Waals surface area contributed by atoms with Crippen LogP contribution < -0.4 is 0 Å². The lowest BCUT2D eigenvalue weighted by Crippen LogP contribution is -2.30. The van der Waals surface area contributed by atoms with Gasteiger partial charge in [-0.1, -0.05) is 0 Å². The van der Waals surface area contributed by atoms with E-state index >= 15 is 0 Å². The van der Waals surface area contributed by atoms with E-state index < -0.39 is 23.1 Å². The molecule has 2 atom stereocenters. The van der Waals surface area contributed by atoms with Crippen LogP contribution in [0.2, 0.25) is 0 Å². The average molecular weight is 220 g/mol. The molecule has 1 aliphatic heterocycles. The first kappa shape index (κ1) is 11.2. The average Bonchev–Trinajstić information content (AvgIpc) is 2.16. The van der Waals surface area contributed by atoms with Crippen LogP contribution in [0.5, 0.6) is 0 Å². The SMILES string of the molecule is CCO[C@H]1CS(=O)C=C(C(=O)OC)O1. The summed E-state index contributed by atoms with van der Waals surface area (Å²) in [6.07, 6.45) is -0.625. The van der Waals surface area contributed by atoms with Crippen molar-refractivity contribution in [3.63, 3.8) is 0 Å². The molecule has 5 nitrogen and oxygen atoms in total. The van der Waals surface area contributed by atoms with Crippen molar-refractivity contribution in [2.75, 3.05) is 19.5 Å². The summed E-state index contributed by atoms with van der Waals surface area (Å²) in [4.78, 5) is 11.1. The number of rotatable bonds is 3. The van der Waals surface area contributed by atoms with Crippen molar-refractivity contribution in [2.45, 2.75) is 13.2 Å². The van der Waals surface area contributed by atoms with Crippen LogP contribution in [0.3, 0.4) is 0 Å². The molecule has 14 heavy (non-hydrogen) atoms. The van der Waals surface area contributed by atoms with E-state index in [1.54, 1.807) is 6.92 Å². The molecule has 1 heterocycles. The van der Waals surface area contributed by atoms with Gasteiger partial charge in [-0.2, -0.15) is 0 Å². The van der Waals surface area contributed by atoms with Crippen molar-refractivity contribution in [3.8, 4) is 0 Å². The van der Waals surface area contributed by atoms with E-state index in [4.69, 9.17) is 9.47 Å². The minimum Gasteiger partial charge on any atom is -0.463 e. The summed E-state index contributed by atoms with van der Waals surface area (Å²) in [6.45, 7) is 2.23. The monoisotopic (exact) mass is 220 g/mol. The minimum atomic E-state index is -1.24. The molecule has 0 fully saturated rings. The molecule has 1 rings (SSSR count). The van der Waals surface area contributed by atoms with Gasteiger partial charge in [0.2, 0.25) is 12.0 Å². The second-order valence-corrected chi connectivity index (χ2v) is 3.85. The fourth-order valence-corrected chi connectivity index (χ4v) is 1.89. The van der Waals surface area contributed by atoms with E-state index in [1.165, 1.54) is 12.5 Å². The van der Waals surface area contributed by atoms with Gasteiger partial charge in [-0.3, -0.25) is 4.21 Å². The molecule has 0 aromatic heterocycles. The topological polar surface area (TPSA) is 61.8 Å². The predicted octanol–water partition coefficient (Wildman–Crippen LogP) is 0.142. The van der Waals surface area contributed by atoms with Crippen LogP contribution in [0.25, 0.3) is 0 Å². The van der Waals surface area contributed by atoms with Crippen LogP contribution in [0.15, 0.2) is 11.2 Å². The molecule has 0 N–H and O–H groups in total. The Bertz CT molecular complexity index is 273. The van der Waals surface area contributed by atoms with Gasteiger partial charge in [-0.25, -0.2) is 4.79 Å². The zero-order valence-electron chi connectivity index (χ0n) is 8.02. The van der Waals surface area contributed by atoms with E-state index in [0.717, 1.165) is 0 Å². The number of esters is 1. The second-order valence-electron chi connectivity index (χ2n) is 2.52. The van der Waals surface area contributed by atoms with Gasteiger partial charge in [0, 0.05) is 6.61 Å². The van der Waals surface area contributed by atoms with Crippen molar-refractivity contribution in [2.24, 2.45) is 0 Å². The largest absolute Gasteiger partial charge is 0.463 e. The quantitative estimate of drug-likeness (QED) is 0.633. The molecule has 0 radical (unpaired) electrons. The lowest BCUT2D eigenvalue weighted by atomic mass is 10.5. The highest BCUT2D eigenvalue weighted by molar-refractivity contribution is 7.88. The lowest BCUT2D eigenvalue weighted by molar-refractivity contribution is -0.150. The Morgan fingerprint density at radius 1 is 1.79 bits per heavy atom. The Morgan fingerprint density at radius 3 is 3.07 bits per heavy atom. The molecule has 1 aliphatic rings. The van der Waals surface area contributed by atoms with Crippen molar-refractivity contribution >= 4 is 16.8 Å². The van der Waals surface area contributed by atoms with Gasteiger partial charge >= 0.3 is 5.97 Å². The highest BCUT2D eigenvalue weighted by atomic mass is 32.2. The highest BCUT2D eigenvalue weighted by Crippen LogP contribution is 2.14. The molecule has 80 valence electrons. The molecule has 6 heteroatoms. The maximum atomic E-state index is 11.2. The van der Waals surface area contributed by atoms with Crippen LogP contribution in [0.1, 0.15) is 6.92 Å². The van der Waals surface area contributed by atoms with Crippen LogP contribution in [-0.4, -0.2) is 35.9 Å². The van der Waals surface area contributed by atoms with Gasteiger partial charge in [0.05, 0.1) is 29.1 Å². The fraction of sp³-hybridized carbons (Fsp3) is 0.625. The summed E-state index contributed by atoms with van der Waals surface area (Å²) in [5, 5.41) is 1.24. The van der Waals surface area contributed by atoms with E-state index in [2.05, 4.69) is 4.74 Å². The van der Waals surface area contributed by atoms with Crippen LogP contribution in [0, 0.1) is 0 Å². The highest BCUT2D eigenvalue weighted by Gasteiger charge is 2.25. The van der Waals surface area contributed by atoms with Gasteiger partial charge in [-0.15, -0.1) is 0 Å². The molecular weight excluding hydrogens is 208 g/mol. The van der Waals surface area contributed by atoms with E-state index in [9.17, 15) is 9.00 Å². The maximum Gasteiger partial charge on any atom is 0.374 e. The van der Waals surface area contributed by atoms with Gasteiger partial charge in [0.15, 0.2) is 0 Å². The van der Waals surface area contributed by atoms with Crippen LogP contribution in [0.4, 0.5) is 0 Å². The van der Waals surface area contributed by atoms with Crippen molar-refractivity contribution < 1.29 is 23.2 Å². The molecule has 0 amide bonds. The van der Waals surface area contributed by atoms with Gasteiger partial charge in [-0.05, 0) is 6.92 Å². The molecular formula is C8H12O5S. The standard InChI is InChI=1S/C8H12O5S/c1-3-12-7-5-14(10)4-6(13-7)8(9)11-2/h4,7H,3,5H2,1-2H3/t7-,14?/m1/s1. The molecule has 0 saturated carbocycles. The van der Waals surface area contributed by atoms with E-state index in [1.807, 2.05) is 0 Å². The molecule has 0 aliphatic carbocycles. The normalized spacial score (nSPS) is 26.3. The van der Waals surface area contributed by atoms with Gasteiger partial charge in [0.25, 0.3) is 0 Å². The predicted molar refractivity (Wildman–Crippen MR) is 49.6 cm³/mol. The molecule has 0 spiro atoms. The maximum absolute atomic E-state index is 11.2. The third-order valence-electron chi connectivity index (χ3n) is 1.54. The minimum absolute atomic E-state index is 0.0458. The number of methoxy groups -OCH3 is 1. The van der Waals surface area contributed by atoms with Crippen LogP contribution in [-0.2, 0) is 29.8 Å². The summed E-state index contributed by atoms with van der Waals surface area (Å²) in [5.41, 5.74) is 0. The lowest BCUT2D eigenvalue weighted by Gasteiger charge is -2.22. The molecule has 0 saturated heterocycles. The molecule has 0 bridgehead atoms. The Hall–Kier alpha value is -0.880. The summed E-state index contributed by atoms with van der Waals surface area (Å²) >= 11 is 0. The van der Waals surface area contributed by atoms with Crippen molar-refractivity contribution in [1.82, 2.24) is 0 Å². The van der Waals surface area contributed by atoms with Crippen molar-refractivity contribution in [3.05, 3.63) is 11.2 Å². The molecule has 1 unspecified atom stereocenters. The first-order valence-electron chi connectivity index (χ1n) is 4.13. The van der Waals surface area contributed by atoms with Gasteiger partial charge < -0.3 is 14.2 Å². The number of hydrogen-bond acceptors (Lipinski definition) is 5. The molecule has 0 aromatic carbocycles. The Balaban J connectivity index is 2.68. The van der Waals surface area contributed by atoms with Gasteiger partial charge in [0.1, 0.15) is 0 Å². The van der Waals surface area contributed by atoms with Crippen molar-refractivity contribution in [1.29, 1.82) is 0 Å². The number of carbonyl (C=O) groups is 1. The smallest absolute Gasteiger partial charge is 0.374 e. The number of hydrogen-bond donors (Lipinski definition) is 0. The Morgan fingerprint density at radius 2 is 2.50 bits per heavy atom. The Kier molecular flexibility index (Phi) is 4.09. The molecule has 0 aromatic rings. The zero-order valence-corrected chi connectivity index (χ0v) is 8.83. The summed E-state index contributed by atoms with van der Waals surface area (Å²) in [6, 6.07) is 0. The number of carbonyl (C=O) groups excluding carboxylic acids is 1. The Labute approximate surface area is 84.5 Å². The third-order valence-corrected chi connectivity index (χ3v) is 2.61. The number of ether oxygens (including phenoxy) is 3. The first-order valence-corrected chi connectivity index (χ1v) is 5.51. The second kappa shape index (κ2) is 5.11. The fourth-order valence-electron chi connectivity index (χ4n) is 0.970. The summed E-state index contributed by atoms with van der Waals surface area (Å²) in [5.74, 6) is -0.438.